The number of carbonyl (C=O) groups is 1. The van der Waals surface area contributed by atoms with E-state index in [1.54, 1.807) is 18.5 Å². The molecule has 4 rings (SSSR count). The van der Waals surface area contributed by atoms with Crippen LogP contribution in [0, 0.1) is 17.7 Å². The molecular weight excluding hydrogens is 349 g/mol. The number of hydrogen-bond donors (Lipinski definition) is 0. The number of rotatable bonds is 4. The van der Waals surface area contributed by atoms with Crippen LogP contribution in [0.25, 0.3) is 5.69 Å². The minimum Gasteiger partial charge on any atom is -0.342 e. The normalized spacial score (nSPS) is 22.9. The monoisotopic (exact) mass is 373 g/mol. The third-order valence-electron chi connectivity index (χ3n) is 5.66. The Balaban J connectivity index is 1.37. The molecule has 2 aromatic rings. The molecular formula is C20H24FN3OS. The first kappa shape index (κ1) is 17.6. The van der Waals surface area contributed by atoms with Crippen LogP contribution < -0.4 is 0 Å². The molecule has 0 radical (unpaired) electrons. The van der Waals surface area contributed by atoms with Crippen LogP contribution in [-0.2, 0) is 4.79 Å². The van der Waals surface area contributed by atoms with Gasteiger partial charge in [-0.15, -0.1) is 0 Å². The van der Waals surface area contributed by atoms with Gasteiger partial charge >= 0.3 is 0 Å². The second-order valence-electron chi connectivity index (χ2n) is 7.28. The summed E-state index contributed by atoms with van der Waals surface area (Å²) in [6, 6.07) is 6.41. The Hall–Kier alpha value is -1.82. The molecule has 26 heavy (non-hydrogen) atoms. The van der Waals surface area contributed by atoms with Gasteiger partial charge in [-0.2, -0.15) is 0 Å². The average molecular weight is 373 g/mol. The van der Waals surface area contributed by atoms with Gasteiger partial charge < -0.3 is 4.90 Å². The number of aromatic nitrogens is 2. The summed E-state index contributed by atoms with van der Waals surface area (Å²) in [5.74, 6) is 1.81. The van der Waals surface area contributed by atoms with Crippen LogP contribution in [0.3, 0.4) is 0 Å². The zero-order valence-corrected chi connectivity index (χ0v) is 15.6. The smallest absolute Gasteiger partial charge is 0.233 e. The van der Waals surface area contributed by atoms with Gasteiger partial charge in [-0.1, -0.05) is 37.1 Å². The Morgan fingerprint density at radius 3 is 2.92 bits per heavy atom. The molecule has 6 heteroatoms. The van der Waals surface area contributed by atoms with Crippen LogP contribution in [0.15, 0.2) is 41.8 Å². The van der Waals surface area contributed by atoms with Crippen LogP contribution in [0.4, 0.5) is 4.39 Å². The predicted octanol–water partition coefficient (Wildman–Crippen LogP) is 4.14. The van der Waals surface area contributed by atoms with Gasteiger partial charge in [0.15, 0.2) is 5.16 Å². The Kier molecular flexibility index (Phi) is 5.29. The fourth-order valence-electron chi connectivity index (χ4n) is 4.26. The summed E-state index contributed by atoms with van der Waals surface area (Å²) in [5, 5.41) is 0.719. The Morgan fingerprint density at radius 2 is 2.08 bits per heavy atom. The van der Waals surface area contributed by atoms with E-state index in [9.17, 15) is 9.18 Å². The van der Waals surface area contributed by atoms with E-state index in [0.717, 1.165) is 36.3 Å². The van der Waals surface area contributed by atoms with Gasteiger partial charge in [-0.05, 0) is 42.9 Å². The third kappa shape index (κ3) is 3.80. The minimum absolute atomic E-state index is 0.188. The van der Waals surface area contributed by atoms with Crippen LogP contribution in [0.1, 0.15) is 32.1 Å². The number of hydrogen-bond acceptors (Lipinski definition) is 3. The molecule has 2 atom stereocenters. The summed E-state index contributed by atoms with van der Waals surface area (Å²) < 4.78 is 15.3. The number of amides is 1. The molecule has 4 nitrogen and oxygen atoms in total. The Morgan fingerprint density at radius 1 is 1.23 bits per heavy atom. The fraction of sp³-hybridized carbons (Fsp3) is 0.500. The highest BCUT2D eigenvalue weighted by atomic mass is 32.2. The number of piperidine rings is 1. The quantitative estimate of drug-likeness (QED) is 0.756. The molecule has 0 N–H and O–H groups in total. The molecule has 1 amide bonds. The van der Waals surface area contributed by atoms with Gasteiger partial charge in [0.2, 0.25) is 5.91 Å². The number of fused-ring (bicyclic) bond motifs is 1. The van der Waals surface area contributed by atoms with Crippen molar-refractivity contribution < 1.29 is 9.18 Å². The summed E-state index contributed by atoms with van der Waals surface area (Å²) in [7, 11) is 0. The zero-order valence-electron chi connectivity index (χ0n) is 14.8. The van der Waals surface area contributed by atoms with E-state index in [0.29, 0.717) is 11.7 Å². The first-order valence-electron chi connectivity index (χ1n) is 9.40. The molecule has 2 fully saturated rings. The maximum Gasteiger partial charge on any atom is 0.233 e. The number of imidazole rings is 1. The van der Waals surface area contributed by atoms with E-state index < -0.39 is 0 Å². The number of likely N-dealkylation sites (tertiary alicyclic amines) is 1. The van der Waals surface area contributed by atoms with Crippen molar-refractivity contribution in [1.82, 2.24) is 14.5 Å². The number of benzene rings is 1. The lowest BCUT2D eigenvalue weighted by atomic mass is 9.75. The Bertz CT molecular complexity index is 778. The van der Waals surface area contributed by atoms with Crippen molar-refractivity contribution in [3.63, 3.8) is 0 Å². The molecule has 138 valence electrons. The Labute approximate surface area is 157 Å². The first-order chi connectivity index (χ1) is 12.7. The molecule has 2 heterocycles. The van der Waals surface area contributed by atoms with E-state index in [1.807, 2.05) is 15.5 Å². The van der Waals surface area contributed by atoms with E-state index in [4.69, 9.17) is 0 Å². The lowest BCUT2D eigenvalue weighted by molar-refractivity contribution is -0.131. The van der Waals surface area contributed by atoms with Crippen molar-refractivity contribution >= 4 is 17.7 Å². The summed E-state index contributed by atoms with van der Waals surface area (Å²) >= 11 is 1.42. The zero-order chi connectivity index (χ0) is 17.9. The van der Waals surface area contributed by atoms with Gasteiger partial charge in [-0.3, -0.25) is 9.36 Å². The molecule has 1 saturated carbocycles. The van der Waals surface area contributed by atoms with E-state index in [2.05, 4.69) is 4.98 Å². The van der Waals surface area contributed by atoms with Gasteiger partial charge in [0.1, 0.15) is 5.82 Å². The molecule has 1 aliphatic heterocycles. The van der Waals surface area contributed by atoms with Crippen molar-refractivity contribution in [2.24, 2.45) is 11.8 Å². The molecule has 0 bridgehead atoms. The number of thioether (sulfide) groups is 1. The van der Waals surface area contributed by atoms with Crippen LogP contribution in [0.5, 0.6) is 0 Å². The largest absolute Gasteiger partial charge is 0.342 e. The number of halogens is 1. The molecule has 1 aromatic heterocycles. The van der Waals surface area contributed by atoms with Gasteiger partial charge in [-0.25, -0.2) is 9.37 Å². The lowest BCUT2D eigenvalue weighted by Gasteiger charge is -2.41. The van der Waals surface area contributed by atoms with E-state index >= 15 is 0 Å². The summed E-state index contributed by atoms with van der Waals surface area (Å²) in [4.78, 5) is 19.1. The first-order valence-corrected chi connectivity index (χ1v) is 10.4. The molecule has 0 unspecified atom stereocenters. The summed E-state index contributed by atoms with van der Waals surface area (Å²) in [6.45, 7) is 1.81. The number of nitrogens with zero attached hydrogens (tertiary/aromatic N) is 3. The number of carbonyl (C=O) groups excluding carboxylic acids is 1. The third-order valence-corrected chi connectivity index (χ3v) is 6.61. The minimum atomic E-state index is -0.279. The SMILES string of the molecule is O=C(CSc1nccn1-c1cccc(F)c1)N1CC[C@@H]2CCCC[C@H]2C1. The lowest BCUT2D eigenvalue weighted by Crippen LogP contribution is -2.45. The van der Waals surface area contributed by atoms with Crippen molar-refractivity contribution in [1.29, 1.82) is 0 Å². The van der Waals surface area contributed by atoms with Gasteiger partial charge in [0.25, 0.3) is 0 Å². The highest BCUT2D eigenvalue weighted by molar-refractivity contribution is 7.99. The standard InChI is InChI=1S/C20H24FN3OS/c21-17-6-3-7-18(12-17)24-11-9-22-20(24)26-14-19(25)23-10-8-15-4-1-2-5-16(15)13-23/h3,6-7,9,11-12,15-16H,1-2,4-5,8,10,13-14H2/t15-,16-/m0/s1. The van der Waals surface area contributed by atoms with Crippen molar-refractivity contribution in [2.45, 2.75) is 37.3 Å². The van der Waals surface area contributed by atoms with Crippen molar-refractivity contribution in [2.75, 3.05) is 18.8 Å². The topological polar surface area (TPSA) is 38.1 Å². The highest BCUT2D eigenvalue weighted by Crippen LogP contribution is 2.36. The van der Waals surface area contributed by atoms with Crippen molar-refractivity contribution in [3.05, 3.63) is 42.5 Å². The van der Waals surface area contributed by atoms with Gasteiger partial charge in [0, 0.05) is 25.5 Å². The molecule has 0 spiro atoms. The maximum absolute atomic E-state index is 13.5. The molecule has 1 aromatic carbocycles. The predicted molar refractivity (Wildman–Crippen MR) is 101 cm³/mol. The second kappa shape index (κ2) is 7.82. The van der Waals surface area contributed by atoms with Crippen LogP contribution >= 0.6 is 11.8 Å². The van der Waals surface area contributed by atoms with Gasteiger partial charge in [0.05, 0.1) is 11.4 Å². The molecule has 1 aliphatic carbocycles. The van der Waals surface area contributed by atoms with Crippen LogP contribution in [-0.4, -0.2) is 39.2 Å². The van der Waals surface area contributed by atoms with E-state index in [1.165, 1.54) is 49.6 Å². The maximum atomic E-state index is 13.5. The average Bonchev–Trinajstić information content (AvgIpc) is 3.14. The van der Waals surface area contributed by atoms with E-state index in [-0.39, 0.29) is 11.7 Å². The van der Waals surface area contributed by atoms with Crippen LogP contribution in [0.2, 0.25) is 0 Å². The summed E-state index contributed by atoms with van der Waals surface area (Å²) in [5.41, 5.74) is 0.723. The summed E-state index contributed by atoms with van der Waals surface area (Å²) in [6.07, 6.45) is 9.91. The van der Waals surface area contributed by atoms with Crippen molar-refractivity contribution in [3.8, 4) is 5.69 Å². The fourth-order valence-corrected chi connectivity index (χ4v) is 5.14. The molecule has 2 aliphatic rings. The second-order valence-corrected chi connectivity index (χ2v) is 8.22. The highest BCUT2D eigenvalue weighted by Gasteiger charge is 2.32. The molecule has 1 saturated heterocycles.